The Morgan fingerprint density at radius 3 is 2.59 bits per heavy atom. The molecule has 3 aliphatic rings. The van der Waals surface area contributed by atoms with Crippen molar-refractivity contribution in [1.29, 1.82) is 0 Å². The summed E-state index contributed by atoms with van der Waals surface area (Å²) in [6.07, 6.45) is 2.60. The molecule has 2 N–H and O–H groups in total. The van der Waals surface area contributed by atoms with Crippen molar-refractivity contribution in [2.75, 3.05) is 25.0 Å². The SMILES string of the molecule is S=C(Nc1cccc2ccccc12)NC1CN2CCC1CC2. The van der Waals surface area contributed by atoms with E-state index < -0.39 is 0 Å². The van der Waals surface area contributed by atoms with Crippen molar-refractivity contribution in [2.45, 2.75) is 18.9 Å². The number of benzene rings is 2. The number of nitrogens with one attached hydrogen (secondary N) is 2. The highest BCUT2D eigenvalue weighted by atomic mass is 32.1. The van der Waals surface area contributed by atoms with Gasteiger partial charge in [-0.15, -0.1) is 0 Å². The molecule has 3 nitrogen and oxygen atoms in total. The zero-order valence-corrected chi connectivity index (χ0v) is 13.4. The minimum absolute atomic E-state index is 0.498. The summed E-state index contributed by atoms with van der Waals surface area (Å²) in [5.74, 6) is 0.775. The highest BCUT2D eigenvalue weighted by molar-refractivity contribution is 7.80. The number of thiocarbonyl (C=S) groups is 1. The molecule has 0 saturated carbocycles. The van der Waals surface area contributed by atoms with E-state index in [1.165, 1.54) is 36.7 Å². The summed E-state index contributed by atoms with van der Waals surface area (Å²) in [5.41, 5.74) is 1.08. The van der Waals surface area contributed by atoms with Gasteiger partial charge in [-0.05, 0) is 55.5 Å². The van der Waals surface area contributed by atoms with Crippen LogP contribution in [0.1, 0.15) is 12.8 Å². The van der Waals surface area contributed by atoms with Gasteiger partial charge in [0.1, 0.15) is 0 Å². The summed E-state index contributed by atoms with van der Waals surface area (Å²) in [4.78, 5) is 2.54. The van der Waals surface area contributed by atoms with Crippen LogP contribution in [0, 0.1) is 5.92 Å². The predicted molar refractivity (Wildman–Crippen MR) is 96.3 cm³/mol. The topological polar surface area (TPSA) is 27.3 Å². The maximum absolute atomic E-state index is 5.55. The average Bonchev–Trinajstić information content (AvgIpc) is 2.56. The van der Waals surface area contributed by atoms with E-state index in [0.29, 0.717) is 6.04 Å². The predicted octanol–water partition coefficient (Wildman–Crippen LogP) is 3.22. The molecule has 0 amide bonds. The Kier molecular flexibility index (Phi) is 3.72. The van der Waals surface area contributed by atoms with Gasteiger partial charge in [0.2, 0.25) is 0 Å². The van der Waals surface area contributed by atoms with Crippen LogP contribution in [-0.2, 0) is 0 Å². The van der Waals surface area contributed by atoms with Crippen LogP contribution in [0.25, 0.3) is 10.8 Å². The Bertz CT molecular complexity index is 686. The van der Waals surface area contributed by atoms with Crippen molar-refractivity contribution in [3.8, 4) is 0 Å². The molecule has 2 aromatic carbocycles. The quantitative estimate of drug-likeness (QED) is 0.833. The summed E-state index contributed by atoms with van der Waals surface area (Å²) in [6, 6.07) is 15.2. The van der Waals surface area contributed by atoms with Crippen LogP contribution in [0.15, 0.2) is 42.5 Å². The second kappa shape index (κ2) is 5.86. The van der Waals surface area contributed by atoms with Crippen LogP contribution in [0.3, 0.4) is 0 Å². The highest BCUT2D eigenvalue weighted by Gasteiger charge is 2.34. The smallest absolute Gasteiger partial charge is 0.171 e. The van der Waals surface area contributed by atoms with Crippen molar-refractivity contribution in [2.24, 2.45) is 5.92 Å². The Balaban J connectivity index is 1.47. The lowest BCUT2D eigenvalue weighted by atomic mass is 9.84. The van der Waals surface area contributed by atoms with Gasteiger partial charge in [-0.1, -0.05) is 36.4 Å². The molecule has 3 heterocycles. The first-order chi connectivity index (χ1) is 10.8. The van der Waals surface area contributed by atoms with E-state index in [1.807, 2.05) is 0 Å². The molecule has 2 bridgehead atoms. The van der Waals surface area contributed by atoms with Crippen molar-refractivity contribution in [3.05, 3.63) is 42.5 Å². The first-order valence-electron chi connectivity index (χ1n) is 8.07. The molecule has 5 rings (SSSR count). The maximum Gasteiger partial charge on any atom is 0.171 e. The molecular formula is C18H21N3S. The minimum Gasteiger partial charge on any atom is -0.358 e. The number of rotatable bonds is 2. The molecule has 1 unspecified atom stereocenters. The van der Waals surface area contributed by atoms with Crippen molar-refractivity contribution >= 4 is 33.8 Å². The van der Waals surface area contributed by atoms with Crippen molar-refractivity contribution in [1.82, 2.24) is 10.2 Å². The third-order valence-electron chi connectivity index (χ3n) is 5.01. The number of nitrogens with zero attached hydrogens (tertiary/aromatic N) is 1. The van der Waals surface area contributed by atoms with E-state index in [1.54, 1.807) is 0 Å². The van der Waals surface area contributed by atoms with Crippen LogP contribution in [0.5, 0.6) is 0 Å². The number of anilines is 1. The van der Waals surface area contributed by atoms with Crippen LogP contribution in [0.4, 0.5) is 5.69 Å². The standard InChI is InChI=1S/C18H21N3S/c22-18(20-17-12-21-10-8-14(17)9-11-21)19-16-7-3-5-13-4-1-2-6-15(13)16/h1-7,14,17H,8-12H2,(H2,19,20,22). The molecule has 3 saturated heterocycles. The van der Waals surface area contributed by atoms with E-state index in [9.17, 15) is 0 Å². The van der Waals surface area contributed by atoms with Gasteiger partial charge in [-0.3, -0.25) is 0 Å². The Morgan fingerprint density at radius 2 is 1.82 bits per heavy atom. The third kappa shape index (κ3) is 2.69. The summed E-state index contributed by atoms with van der Waals surface area (Å²) >= 11 is 5.55. The minimum atomic E-state index is 0.498. The second-order valence-corrected chi connectivity index (χ2v) is 6.78. The molecule has 0 radical (unpaired) electrons. The van der Waals surface area contributed by atoms with Crippen LogP contribution >= 0.6 is 12.2 Å². The van der Waals surface area contributed by atoms with Crippen LogP contribution in [0.2, 0.25) is 0 Å². The summed E-state index contributed by atoms with van der Waals surface area (Å²) in [6.45, 7) is 3.64. The van der Waals surface area contributed by atoms with Gasteiger partial charge in [0, 0.05) is 23.7 Å². The molecule has 0 spiro atoms. The van der Waals surface area contributed by atoms with Crippen LogP contribution in [-0.4, -0.2) is 35.7 Å². The Morgan fingerprint density at radius 1 is 1.05 bits per heavy atom. The van der Waals surface area contributed by atoms with Gasteiger partial charge < -0.3 is 15.5 Å². The number of piperidine rings is 3. The molecule has 4 heteroatoms. The lowest BCUT2D eigenvalue weighted by molar-refractivity contribution is 0.0815. The van der Waals surface area contributed by atoms with Gasteiger partial charge in [0.25, 0.3) is 0 Å². The van der Waals surface area contributed by atoms with E-state index in [4.69, 9.17) is 12.2 Å². The van der Waals surface area contributed by atoms with Gasteiger partial charge in [-0.2, -0.15) is 0 Å². The van der Waals surface area contributed by atoms with Crippen molar-refractivity contribution < 1.29 is 0 Å². The van der Waals surface area contributed by atoms with E-state index >= 15 is 0 Å². The number of fused-ring (bicyclic) bond motifs is 4. The zero-order chi connectivity index (χ0) is 14.9. The summed E-state index contributed by atoms with van der Waals surface area (Å²) < 4.78 is 0. The monoisotopic (exact) mass is 311 g/mol. The summed E-state index contributed by atoms with van der Waals surface area (Å²) in [5, 5.41) is 10.1. The lowest BCUT2D eigenvalue weighted by Gasteiger charge is -2.45. The molecule has 3 fully saturated rings. The largest absolute Gasteiger partial charge is 0.358 e. The number of hydrogen-bond donors (Lipinski definition) is 2. The summed E-state index contributed by atoms with van der Waals surface area (Å²) in [7, 11) is 0. The normalized spacial score (nSPS) is 26.8. The van der Waals surface area contributed by atoms with Gasteiger partial charge in [0.15, 0.2) is 5.11 Å². The fraction of sp³-hybridized carbons (Fsp3) is 0.389. The van der Waals surface area contributed by atoms with E-state index in [2.05, 4.69) is 58.0 Å². The van der Waals surface area contributed by atoms with Gasteiger partial charge in [0.05, 0.1) is 0 Å². The maximum atomic E-state index is 5.55. The Hall–Kier alpha value is -1.65. The zero-order valence-electron chi connectivity index (χ0n) is 12.6. The van der Waals surface area contributed by atoms with E-state index in [0.717, 1.165) is 23.3 Å². The third-order valence-corrected chi connectivity index (χ3v) is 5.23. The first kappa shape index (κ1) is 14.0. The fourth-order valence-electron chi connectivity index (χ4n) is 3.79. The Labute approximate surface area is 136 Å². The lowest BCUT2D eigenvalue weighted by Crippen LogP contribution is -2.57. The van der Waals surface area contributed by atoms with E-state index in [-0.39, 0.29) is 0 Å². The molecule has 2 aromatic rings. The molecule has 1 atom stereocenters. The molecule has 22 heavy (non-hydrogen) atoms. The molecule has 0 aromatic heterocycles. The molecular weight excluding hydrogens is 290 g/mol. The van der Waals surface area contributed by atoms with Gasteiger partial charge >= 0.3 is 0 Å². The average molecular weight is 311 g/mol. The molecule has 0 aliphatic carbocycles. The number of hydrogen-bond acceptors (Lipinski definition) is 2. The van der Waals surface area contributed by atoms with Crippen LogP contribution < -0.4 is 10.6 Å². The second-order valence-electron chi connectivity index (χ2n) is 6.37. The molecule has 3 aliphatic heterocycles. The molecule has 114 valence electrons. The van der Waals surface area contributed by atoms with Crippen molar-refractivity contribution in [3.63, 3.8) is 0 Å². The first-order valence-corrected chi connectivity index (χ1v) is 8.48. The highest BCUT2D eigenvalue weighted by Crippen LogP contribution is 2.28. The van der Waals surface area contributed by atoms with Gasteiger partial charge in [-0.25, -0.2) is 0 Å². The fourth-order valence-corrected chi connectivity index (χ4v) is 4.05.